The van der Waals surface area contributed by atoms with Crippen LogP contribution in [0.15, 0.2) is 0 Å². The molecule has 0 bridgehead atoms. The number of epoxide rings is 1. The molecule has 1 spiro atoms. The van der Waals surface area contributed by atoms with Crippen molar-refractivity contribution in [1.29, 1.82) is 0 Å². The maximum absolute atomic E-state index is 5.92. The first-order chi connectivity index (χ1) is 7.56. The third-order valence-corrected chi connectivity index (χ3v) is 6.68. The number of hydrogen-bond donors (Lipinski definition) is 0. The molecule has 4 rings (SSSR count). The summed E-state index contributed by atoms with van der Waals surface area (Å²) in [6.07, 6.45) is 5.72. The van der Waals surface area contributed by atoms with Crippen LogP contribution in [0, 0.1) is 35.0 Å². The molecule has 0 aromatic carbocycles. The second-order valence-electron chi connectivity index (χ2n) is 7.58. The van der Waals surface area contributed by atoms with Gasteiger partial charge in [-0.05, 0) is 54.3 Å². The van der Waals surface area contributed by atoms with E-state index in [1.807, 2.05) is 0 Å². The van der Waals surface area contributed by atoms with Gasteiger partial charge in [-0.25, -0.2) is 0 Å². The number of ether oxygens (including phenoxy) is 1. The van der Waals surface area contributed by atoms with E-state index in [9.17, 15) is 0 Å². The lowest BCUT2D eigenvalue weighted by molar-refractivity contribution is 0.141. The van der Waals surface area contributed by atoms with E-state index >= 15 is 0 Å². The normalized spacial score (nSPS) is 61.3. The van der Waals surface area contributed by atoms with Crippen LogP contribution in [0.1, 0.15) is 46.5 Å². The lowest BCUT2D eigenvalue weighted by Crippen LogP contribution is -2.30. The number of hydrogen-bond acceptors (Lipinski definition) is 1. The Bertz CT molecular complexity index is 328. The van der Waals surface area contributed by atoms with Crippen molar-refractivity contribution in [2.45, 2.75) is 52.1 Å². The van der Waals surface area contributed by atoms with Crippen LogP contribution in [0.4, 0.5) is 0 Å². The van der Waals surface area contributed by atoms with Gasteiger partial charge in [0.2, 0.25) is 0 Å². The summed E-state index contributed by atoms with van der Waals surface area (Å²) in [4.78, 5) is 0. The lowest BCUT2D eigenvalue weighted by Gasteiger charge is -2.28. The van der Waals surface area contributed by atoms with Crippen molar-refractivity contribution >= 4 is 0 Å². The molecule has 1 heteroatoms. The zero-order valence-corrected chi connectivity index (χ0v) is 10.8. The Kier molecular flexibility index (Phi) is 1.67. The van der Waals surface area contributed by atoms with Crippen molar-refractivity contribution in [3.05, 3.63) is 0 Å². The lowest BCUT2D eigenvalue weighted by atomic mass is 9.76. The van der Waals surface area contributed by atoms with E-state index in [0.717, 1.165) is 36.2 Å². The highest BCUT2D eigenvalue weighted by atomic mass is 16.6. The Morgan fingerprint density at radius 2 is 1.81 bits per heavy atom. The third kappa shape index (κ3) is 1.02. The van der Waals surface area contributed by atoms with Crippen LogP contribution in [0.2, 0.25) is 0 Å². The van der Waals surface area contributed by atoms with E-state index in [4.69, 9.17) is 4.74 Å². The molecule has 3 aliphatic carbocycles. The average molecular weight is 220 g/mol. The predicted molar refractivity (Wildman–Crippen MR) is 64.1 cm³/mol. The van der Waals surface area contributed by atoms with E-state index in [1.165, 1.54) is 25.7 Å². The fraction of sp³-hybridized carbons (Fsp3) is 1.00. The molecule has 6 atom stereocenters. The van der Waals surface area contributed by atoms with Crippen molar-refractivity contribution in [2.75, 3.05) is 6.61 Å². The molecule has 4 aliphatic rings. The molecule has 0 aromatic heterocycles. The minimum absolute atomic E-state index is 0.374. The zero-order valence-electron chi connectivity index (χ0n) is 10.8. The molecule has 0 N–H and O–H groups in total. The van der Waals surface area contributed by atoms with E-state index in [2.05, 4.69) is 20.8 Å². The van der Waals surface area contributed by atoms with Crippen LogP contribution in [0.25, 0.3) is 0 Å². The van der Waals surface area contributed by atoms with Crippen LogP contribution < -0.4 is 0 Å². The summed E-state index contributed by atoms with van der Waals surface area (Å²) in [5.74, 6) is 4.91. The topological polar surface area (TPSA) is 12.5 Å². The summed E-state index contributed by atoms with van der Waals surface area (Å²) in [6, 6.07) is 0. The molecule has 3 saturated carbocycles. The first-order valence-corrected chi connectivity index (χ1v) is 7.20. The second kappa shape index (κ2) is 2.68. The molecule has 16 heavy (non-hydrogen) atoms. The van der Waals surface area contributed by atoms with Crippen LogP contribution >= 0.6 is 0 Å². The van der Waals surface area contributed by atoms with Crippen molar-refractivity contribution in [3.63, 3.8) is 0 Å². The van der Waals surface area contributed by atoms with Gasteiger partial charge in [0.1, 0.15) is 0 Å². The summed E-state index contributed by atoms with van der Waals surface area (Å²) in [6.45, 7) is 8.60. The number of rotatable bonds is 0. The zero-order chi connectivity index (χ0) is 11.1. The van der Waals surface area contributed by atoms with E-state index in [1.54, 1.807) is 0 Å². The highest BCUT2D eigenvalue weighted by Crippen LogP contribution is 2.72. The van der Waals surface area contributed by atoms with Gasteiger partial charge >= 0.3 is 0 Å². The fourth-order valence-electron chi connectivity index (χ4n) is 5.58. The predicted octanol–water partition coefficient (Wildman–Crippen LogP) is 3.48. The van der Waals surface area contributed by atoms with Gasteiger partial charge in [-0.15, -0.1) is 0 Å². The van der Waals surface area contributed by atoms with Crippen molar-refractivity contribution in [3.8, 4) is 0 Å². The largest absolute Gasteiger partial charge is 0.369 e. The maximum Gasteiger partial charge on any atom is 0.0947 e. The summed E-state index contributed by atoms with van der Waals surface area (Å²) in [5, 5.41) is 0. The fourth-order valence-corrected chi connectivity index (χ4v) is 5.58. The minimum atomic E-state index is 0.374. The quantitative estimate of drug-likeness (QED) is 0.569. The van der Waals surface area contributed by atoms with Gasteiger partial charge in [-0.1, -0.05) is 27.2 Å². The first kappa shape index (κ1) is 9.94. The molecule has 0 amide bonds. The molecule has 1 unspecified atom stereocenters. The van der Waals surface area contributed by atoms with Crippen LogP contribution in [-0.4, -0.2) is 12.2 Å². The highest BCUT2D eigenvalue weighted by molar-refractivity contribution is 5.18. The van der Waals surface area contributed by atoms with Gasteiger partial charge in [0.25, 0.3) is 0 Å². The minimum Gasteiger partial charge on any atom is -0.369 e. The molecule has 1 aliphatic heterocycles. The Balaban J connectivity index is 1.71. The monoisotopic (exact) mass is 220 g/mol. The van der Waals surface area contributed by atoms with Crippen LogP contribution in [0.5, 0.6) is 0 Å². The molecular weight excluding hydrogens is 196 g/mol. The Hall–Kier alpha value is -0.0400. The first-order valence-electron chi connectivity index (χ1n) is 7.20. The van der Waals surface area contributed by atoms with Gasteiger partial charge in [0.15, 0.2) is 0 Å². The molecule has 0 radical (unpaired) electrons. The SMILES string of the molecule is C[C@@H]1CC[C@H]2[C@H]1[C@H]1[C@@H](CCC23CO3)C1(C)C. The molecule has 1 nitrogen and oxygen atoms in total. The van der Waals surface area contributed by atoms with Gasteiger partial charge in [0, 0.05) is 0 Å². The molecule has 90 valence electrons. The summed E-state index contributed by atoms with van der Waals surface area (Å²) >= 11 is 0. The molecule has 0 aromatic rings. The highest BCUT2D eigenvalue weighted by Gasteiger charge is 2.70. The summed E-state index contributed by atoms with van der Waals surface area (Å²) in [5.41, 5.74) is 1.02. The van der Waals surface area contributed by atoms with Crippen LogP contribution in [0.3, 0.4) is 0 Å². The van der Waals surface area contributed by atoms with Gasteiger partial charge in [-0.3, -0.25) is 0 Å². The van der Waals surface area contributed by atoms with Crippen molar-refractivity contribution in [2.24, 2.45) is 35.0 Å². The van der Waals surface area contributed by atoms with E-state index < -0.39 is 0 Å². The van der Waals surface area contributed by atoms with Gasteiger partial charge in [-0.2, -0.15) is 0 Å². The van der Waals surface area contributed by atoms with Crippen molar-refractivity contribution < 1.29 is 4.74 Å². The molecular formula is C15H24O. The van der Waals surface area contributed by atoms with Crippen molar-refractivity contribution in [1.82, 2.24) is 0 Å². The summed E-state index contributed by atoms with van der Waals surface area (Å²) < 4.78 is 5.92. The Morgan fingerprint density at radius 1 is 1.06 bits per heavy atom. The average Bonchev–Trinajstić information content (AvgIpc) is 3.07. The molecule has 1 saturated heterocycles. The van der Waals surface area contributed by atoms with E-state index in [0.29, 0.717) is 11.0 Å². The van der Waals surface area contributed by atoms with Crippen LogP contribution in [-0.2, 0) is 4.74 Å². The third-order valence-electron chi connectivity index (χ3n) is 6.68. The summed E-state index contributed by atoms with van der Waals surface area (Å²) in [7, 11) is 0. The van der Waals surface area contributed by atoms with Gasteiger partial charge in [0.05, 0.1) is 12.2 Å². The van der Waals surface area contributed by atoms with E-state index in [-0.39, 0.29) is 0 Å². The number of fused-ring (bicyclic) bond motifs is 4. The smallest absolute Gasteiger partial charge is 0.0947 e. The molecule has 4 fully saturated rings. The maximum atomic E-state index is 5.92. The standard InChI is InChI=1S/C15H24O/c1-9-4-5-10-12(9)13-11(14(13,2)3)6-7-15(10)8-16-15/h9-13H,4-8H2,1-3H3/t9-,10+,11-,12+,13-,15?/m1/s1. The Labute approximate surface area is 98.9 Å². The molecule has 1 heterocycles. The second-order valence-corrected chi connectivity index (χ2v) is 7.58. The Morgan fingerprint density at radius 3 is 2.50 bits per heavy atom. The van der Waals surface area contributed by atoms with Gasteiger partial charge < -0.3 is 4.74 Å².